The molecule has 1 atom stereocenters. The van der Waals surface area contributed by atoms with Crippen molar-refractivity contribution in [1.29, 1.82) is 0 Å². The lowest BCUT2D eigenvalue weighted by atomic mass is 10.1. The number of rotatable bonds is 9. The Balaban J connectivity index is 0.000000173. The van der Waals surface area contributed by atoms with Gasteiger partial charge in [-0.2, -0.15) is 13.0 Å². The highest BCUT2D eigenvalue weighted by Gasteiger charge is 2.44. The fourth-order valence-corrected chi connectivity index (χ4v) is 12.1. The van der Waals surface area contributed by atoms with Gasteiger partial charge in [-0.3, -0.25) is 19.6 Å². The van der Waals surface area contributed by atoms with Crippen molar-refractivity contribution in [3.8, 4) is 34.4 Å². The highest BCUT2D eigenvalue weighted by Crippen LogP contribution is 2.44. The van der Waals surface area contributed by atoms with Crippen LogP contribution < -0.4 is 30.0 Å². The Morgan fingerprint density at radius 2 is 1.25 bits per heavy atom. The fraction of sp³-hybridized carbons (Fsp3) is 0.314. The molecule has 79 heavy (non-hydrogen) atoms. The molecule has 0 amide bonds. The van der Waals surface area contributed by atoms with Crippen LogP contribution in [0.15, 0.2) is 107 Å². The Morgan fingerprint density at radius 1 is 0.734 bits per heavy atom. The number of ether oxygens (including phenoxy) is 4. The average molecular weight is 1170 g/mol. The van der Waals surface area contributed by atoms with Crippen molar-refractivity contribution in [3.63, 3.8) is 0 Å². The fourth-order valence-electron chi connectivity index (χ4n) is 8.71. The zero-order chi connectivity index (χ0) is 57.0. The molecule has 0 saturated carbocycles. The van der Waals surface area contributed by atoms with Crippen molar-refractivity contribution in [2.24, 2.45) is 0 Å². The van der Waals surface area contributed by atoms with Gasteiger partial charge in [-0.1, -0.05) is 23.2 Å². The van der Waals surface area contributed by atoms with E-state index in [1.165, 1.54) is 51.3 Å². The van der Waals surface area contributed by atoms with Gasteiger partial charge in [0.2, 0.25) is 20.0 Å². The summed E-state index contributed by atoms with van der Waals surface area (Å²) in [5, 5.41) is 11.6. The highest BCUT2D eigenvalue weighted by molar-refractivity contribution is 7.89. The minimum atomic E-state index is -3.85. The Kier molecular flexibility index (Phi) is 17.2. The second-order valence-corrected chi connectivity index (χ2v) is 23.0. The zero-order valence-electron chi connectivity index (χ0n) is 42.5. The molecule has 1 unspecified atom stereocenters. The number of nitrogens with zero attached hydrogens (tertiary/aromatic N) is 8. The summed E-state index contributed by atoms with van der Waals surface area (Å²) in [7, 11) is -7.67. The van der Waals surface area contributed by atoms with Gasteiger partial charge in [-0.05, 0) is 100 Å². The van der Waals surface area contributed by atoms with Crippen molar-refractivity contribution in [1.82, 2.24) is 38.1 Å². The molecule has 0 radical (unpaired) electrons. The first kappa shape index (κ1) is 57.8. The Labute approximate surface area is 461 Å². The quantitative estimate of drug-likeness (QED) is 0.114. The number of sulfonamides is 2. The molecule has 4 N–H and O–H groups in total. The van der Waals surface area contributed by atoms with E-state index >= 15 is 0 Å². The number of halogens is 5. The predicted molar refractivity (Wildman–Crippen MR) is 284 cm³/mol. The number of aldehydes is 1. The summed E-state index contributed by atoms with van der Waals surface area (Å²) in [5.41, 5.74) is 10.8. The summed E-state index contributed by atoms with van der Waals surface area (Å²) in [6.07, 6.45) is 5.30. The standard InChI is InChI=1S/C25H23ClFN5O4S.C18H20F2N4O4S.C6H4ClNO.C2H4O2/c1-15-3-5-20-24(29-15)32(23(30-20)18-7-10-28-14-19(18)26)16-8-11-31(12-9-16)37(33,34)17-4-6-21-22(13-17)36-25(2,27)35-21;1-11-2-4-14(21)17(22-11)23-12-6-8-24(9-7-12)29(25,26)13-3-5-15-16(10-13)28-18(19,20)27-15;7-6-3-8-2-1-5(6)4-9;1-2(3)4/h3-7,10,13-14,16H,8-9,11-12H2,1-2H3;2-5,10,12H,6-9,21H2,1H3,(H,22,23);1-4H;1H3,(H,3,4). The Bertz CT molecular complexity index is 3640. The number of carbonyl (C=O) groups is 2. The molecular weight excluding hydrogens is 1120 g/mol. The second kappa shape index (κ2) is 23.5. The monoisotopic (exact) mass is 1170 g/mol. The number of nitrogens with one attached hydrogen (secondary N) is 1. The number of anilines is 2. The number of pyridine rings is 4. The van der Waals surface area contributed by atoms with Gasteiger partial charge in [0.15, 0.2) is 34.9 Å². The van der Waals surface area contributed by atoms with E-state index < -0.39 is 38.4 Å². The van der Waals surface area contributed by atoms with Gasteiger partial charge in [0.05, 0.1) is 25.5 Å². The number of alkyl halides is 3. The first-order chi connectivity index (χ1) is 37.3. The average Bonchev–Trinajstić information content (AvgIpc) is 4.14. The van der Waals surface area contributed by atoms with Gasteiger partial charge in [0.1, 0.15) is 17.2 Å². The van der Waals surface area contributed by atoms with E-state index in [4.69, 9.17) is 58.3 Å². The number of carboxylic acid groups (broad SMARTS) is 1. The van der Waals surface area contributed by atoms with E-state index in [0.717, 1.165) is 48.0 Å². The van der Waals surface area contributed by atoms with E-state index in [0.29, 0.717) is 64.9 Å². The van der Waals surface area contributed by atoms with Gasteiger partial charge in [-0.25, -0.2) is 31.8 Å². The molecule has 4 aliphatic heterocycles. The number of fused-ring (bicyclic) bond motifs is 3. The van der Waals surface area contributed by atoms with Crippen LogP contribution in [0, 0.1) is 13.8 Å². The number of imidazole rings is 1. The number of hydrogen-bond donors (Lipinski definition) is 3. The molecule has 2 saturated heterocycles. The van der Waals surface area contributed by atoms with Crippen molar-refractivity contribution in [3.05, 3.63) is 125 Å². The van der Waals surface area contributed by atoms with Crippen molar-refractivity contribution in [2.45, 2.75) is 87.6 Å². The van der Waals surface area contributed by atoms with Gasteiger partial charge in [0.25, 0.3) is 5.97 Å². The molecule has 4 aliphatic rings. The third-order valence-corrected chi connectivity index (χ3v) is 16.8. The summed E-state index contributed by atoms with van der Waals surface area (Å²) in [4.78, 5) is 40.7. The lowest BCUT2D eigenvalue weighted by Gasteiger charge is -2.32. The Morgan fingerprint density at radius 3 is 1.84 bits per heavy atom. The molecular formula is C51H51Cl2F3N10O11S2. The molecule has 9 heterocycles. The predicted octanol–water partition coefficient (Wildman–Crippen LogP) is 9.09. The molecule has 2 aromatic carbocycles. The summed E-state index contributed by atoms with van der Waals surface area (Å²) in [5.74, 6) is 0.162. The van der Waals surface area contributed by atoms with Gasteiger partial charge in [0, 0.05) is 112 Å². The molecule has 21 nitrogen and oxygen atoms in total. The molecule has 0 aliphatic carbocycles. The molecule has 28 heteroatoms. The molecule has 7 aromatic rings. The number of nitrogens with two attached hydrogens (primary N) is 1. The van der Waals surface area contributed by atoms with Gasteiger partial charge in [-0.15, -0.1) is 8.78 Å². The number of aromatic nitrogens is 6. The molecule has 5 aromatic heterocycles. The number of carbonyl (C=O) groups excluding carboxylic acids is 1. The first-order valence-corrected chi connectivity index (χ1v) is 27.8. The summed E-state index contributed by atoms with van der Waals surface area (Å²) in [6.45, 7) is 7.11. The maximum atomic E-state index is 14.1. The van der Waals surface area contributed by atoms with Crippen molar-refractivity contribution in [2.75, 3.05) is 37.2 Å². The number of hydrogen-bond acceptors (Lipinski definition) is 17. The Hall–Kier alpha value is -7.36. The van der Waals surface area contributed by atoms with E-state index in [1.807, 2.05) is 38.1 Å². The number of piperidine rings is 2. The lowest BCUT2D eigenvalue weighted by molar-refractivity contribution is -0.286. The van der Waals surface area contributed by atoms with Crippen LogP contribution in [0.2, 0.25) is 10.0 Å². The third-order valence-electron chi connectivity index (χ3n) is 12.4. The molecule has 2 fully saturated rings. The normalized spacial score (nSPS) is 18.0. The first-order valence-electron chi connectivity index (χ1n) is 24.1. The van der Waals surface area contributed by atoms with Crippen molar-refractivity contribution >= 4 is 78.2 Å². The minimum Gasteiger partial charge on any atom is -0.481 e. The molecule has 11 rings (SSSR count). The zero-order valence-corrected chi connectivity index (χ0v) is 45.7. The second-order valence-electron chi connectivity index (χ2n) is 18.3. The van der Waals surface area contributed by atoms with E-state index in [-0.39, 0.29) is 71.1 Å². The lowest BCUT2D eigenvalue weighted by Crippen LogP contribution is -2.42. The van der Waals surface area contributed by atoms with Crippen LogP contribution in [0.3, 0.4) is 0 Å². The van der Waals surface area contributed by atoms with E-state index in [9.17, 15) is 34.8 Å². The summed E-state index contributed by atoms with van der Waals surface area (Å²) < 4.78 is 117. The number of nitrogen functional groups attached to an aromatic ring is 1. The van der Waals surface area contributed by atoms with E-state index in [2.05, 4.69) is 34.3 Å². The molecule has 0 spiro atoms. The SMILES string of the molecule is CC(=O)O.Cc1ccc(N)c(NC2CCN(S(=O)(=O)c3ccc4c(c3)OC(F)(F)O4)CC2)n1.Cc1ccc2nc(-c3ccncc3Cl)n(C3CCN(S(=O)(=O)c4ccc5c(c4)OC(C)(F)O5)CC3)c2n1.O=Cc1ccncc1Cl. The largest absolute Gasteiger partial charge is 0.586 e. The number of aliphatic carboxylic acids is 1. The number of benzene rings is 2. The smallest absolute Gasteiger partial charge is 0.481 e. The summed E-state index contributed by atoms with van der Waals surface area (Å²) in [6, 6.07) is 16.0. The topological polar surface area (TPSA) is 273 Å². The van der Waals surface area contributed by atoms with Crippen molar-refractivity contribution < 1.29 is 63.6 Å². The third kappa shape index (κ3) is 13.6. The minimum absolute atomic E-state index is 0.0218. The molecule has 0 bridgehead atoms. The van der Waals surface area contributed by atoms with Crippen LogP contribution >= 0.6 is 23.2 Å². The van der Waals surface area contributed by atoms with Crippen LogP contribution in [0.5, 0.6) is 23.0 Å². The van der Waals surface area contributed by atoms with Crippen LogP contribution in [0.4, 0.5) is 24.7 Å². The van der Waals surface area contributed by atoms with Crippen LogP contribution in [0.1, 0.15) is 67.3 Å². The van der Waals surface area contributed by atoms with Crippen LogP contribution in [-0.2, 0) is 24.8 Å². The van der Waals surface area contributed by atoms with Crippen LogP contribution in [0.25, 0.3) is 22.6 Å². The van der Waals surface area contributed by atoms with Crippen LogP contribution in [-0.4, -0.2) is 117 Å². The summed E-state index contributed by atoms with van der Waals surface area (Å²) >= 11 is 12.0. The maximum Gasteiger partial charge on any atom is 0.586 e. The number of carboxylic acids is 1. The molecule has 418 valence electrons. The van der Waals surface area contributed by atoms with E-state index in [1.54, 1.807) is 24.5 Å². The highest BCUT2D eigenvalue weighted by atomic mass is 35.5. The van der Waals surface area contributed by atoms with Gasteiger partial charge < -0.3 is 39.7 Å². The van der Waals surface area contributed by atoms with Gasteiger partial charge >= 0.3 is 12.3 Å². The maximum absolute atomic E-state index is 14.1. The number of aryl methyl sites for hydroxylation is 2.